The predicted molar refractivity (Wildman–Crippen MR) is 66.7 cm³/mol. The van der Waals surface area contributed by atoms with E-state index in [9.17, 15) is 8.42 Å². The molecule has 1 aliphatic carbocycles. The van der Waals surface area contributed by atoms with Crippen molar-refractivity contribution < 1.29 is 13.2 Å². The van der Waals surface area contributed by atoms with E-state index in [1.807, 2.05) is 0 Å². The molecular weight excluding hydrogens is 254 g/mol. The van der Waals surface area contributed by atoms with Gasteiger partial charge in [-0.2, -0.15) is 9.40 Å². The molecule has 1 aromatic heterocycles. The van der Waals surface area contributed by atoms with Crippen molar-refractivity contribution in [1.29, 1.82) is 0 Å². The minimum Gasteiger partial charge on any atom is -0.380 e. The van der Waals surface area contributed by atoms with Gasteiger partial charge in [0.2, 0.25) is 10.0 Å². The van der Waals surface area contributed by atoms with Crippen molar-refractivity contribution in [2.24, 2.45) is 5.92 Å². The van der Waals surface area contributed by atoms with Gasteiger partial charge in [-0.1, -0.05) is 0 Å². The summed E-state index contributed by atoms with van der Waals surface area (Å²) in [7, 11) is -1.89. The summed E-state index contributed by atoms with van der Waals surface area (Å²) in [6, 6.07) is 0. The Kier molecular flexibility index (Phi) is 4.04. The zero-order chi connectivity index (χ0) is 13.2. The normalized spacial score (nSPS) is 16.4. The Hall–Kier alpha value is -0.920. The highest BCUT2D eigenvalue weighted by atomic mass is 32.2. The molecule has 0 amide bonds. The molecule has 0 radical (unpaired) electrons. The Morgan fingerprint density at radius 1 is 1.56 bits per heavy atom. The van der Waals surface area contributed by atoms with Crippen molar-refractivity contribution >= 4 is 10.0 Å². The van der Waals surface area contributed by atoms with E-state index in [4.69, 9.17) is 4.74 Å². The van der Waals surface area contributed by atoms with E-state index in [1.54, 1.807) is 14.0 Å². The standard InChI is InChI=1S/C11H19N3O3S/c1-9-11(7-12-13-9)18(15,16)14(2)5-6-17-8-10-3-4-10/h7,10H,3-6,8H2,1-2H3,(H,12,13). The lowest BCUT2D eigenvalue weighted by Gasteiger charge is -2.16. The molecule has 102 valence electrons. The zero-order valence-electron chi connectivity index (χ0n) is 10.7. The van der Waals surface area contributed by atoms with Crippen LogP contribution in [-0.2, 0) is 14.8 Å². The number of nitrogens with one attached hydrogen (secondary N) is 1. The van der Waals surface area contributed by atoms with Gasteiger partial charge in [-0.25, -0.2) is 8.42 Å². The SMILES string of the molecule is Cc1[nH]ncc1S(=O)(=O)N(C)CCOCC1CC1. The summed E-state index contributed by atoms with van der Waals surface area (Å²) in [6.45, 7) is 3.23. The van der Waals surface area contributed by atoms with Crippen LogP contribution in [0.5, 0.6) is 0 Å². The van der Waals surface area contributed by atoms with Gasteiger partial charge in [0.1, 0.15) is 4.90 Å². The smallest absolute Gasteiger partial charge is 0.246 e. The van der Waals surface area contributed by atoms with Crippen LogP contribution in [0.1, 0.15) is 18.5 Å². The highest BCUT2D eigenvalue weighted by Crippen LogP contribution is 2.28. The molecule has 0 spiro atoms. The summed E-state index contributed by atoms with van der Waals surface area (Å²) in [5.74, 6) is 0.697. The average Bonchev–Trinajstić information content (AvgIpc) is 3.04. The molecule has 6 nitrogen and oxygen atoms in total. The Balaban J connectivity index is 1.86. The largest absolute Gasteiger partial charge is 0.380 e. The first-order valence-corrected chi connectivity index (χ1v) is 7.50. The zero-order valence-corrected chi connectivity index (χ0v) is 11.5. The van der Waals surface area contributed by atoms with E-state index in [0.29, 0.717) is 24.8 Å². The van der Waals surface area contributed by atoms with Crippen LogP contribution < -0.4 is 0 Å². The number of hydrogen-bond donors (Lipinski definition) is 1. The Morgan fingerprint density at radius 3 is 2.83 bits per heavy atom. The van der Waals surface area contributed by atoms with Gasteiger partial charge in [0.15, 0.2) is 0 Å². The van der Waals surface area contributed by atoms with E-state index in [2.05, 4.69) is 10.2 Å². The lowest BCUT2D eigenvalue weighted by Crippen LogP contribution is -2.30. The maximum absolute atomic E-state index is 12.2. The van der Waals surface area contributed by atoms with Crippen LogP contribution in [0.25, 0.3) is 0 Å². The number of aromatic amines is 1. The highest BCUT2D eigenvalue weighted by molar-refractivity contribution is 7.89. The van der Waals surface area contributed by atoms with E-state index >= 15 is 0 Å². The monoisotopic (exact) mass is 273 g/mol. The lowest BCUT2D eigenvalue weighted by molar-refractivity contribution is 0.117. The third-order valence-electron chi connectivity index (χ3n) is 3.07. The molecule has 0 atom stereocenters. The number of rotatable bonds is 7. The molecule has 18 heavy (non-hydrogen) atoms. The first-order valence-electron chi connectivity index (χ1n) is 6.06. The second-order valence-electron chi connectivity index (χ2n) is 4.70. The fourth-order valence-corrected chi connectivity index (χ4v) is 2.88. The maximum Gasteiger partial charge on any atom is 0.246 e. The highest BCUT2D eigenvalue weighted by Gasteiger charge is 2.24. The summed E-state index contributed by atoms with van der Waals surface area (Å²) in [5.41, 5.74) is 0.556. The van der Waals surface area contributed by atoms with Gasteiger partial charge in [-0.05, 0) is 25.7 Å². The van der Waals surface area contributed by atoms with Crippen LogP contribution in [0.3, 0.4) is 0 Å². The van der Waals surface area contributed by atoms with Crippen molar-refractivity contribution in [3.05, 3.63) is 11.9 Å². The topological polar surface area (TPSA) is 75.3 Å². The summed E-state index contributed by atoms with van der Waals surface area (Å²) in [4.78, 5) is 0.229. The minimum atomic E-state index is -3.45. The van der Waals surface area contributed by atoms with Crippen molar-refractivity contribution in [1.82, 2.24) is 14.5 Å². The average molecular weight is 273 g/mol. The van der Waals surface area contributed by atoms with E-state index < -0.39 is 10.0 Å². The van der Waals surface area contributed by atoms with E-state index in [-0.39, 0.29) is 4.90 Å². The fourth-order valence-electron chi connectivity index (χ4n) is 1.62. The molecule has 1 fully saturated rings. The quantitative estimate of drug-likeness (QED) is 0.744. The van der Waals surface area contributed by atoms with Crippen molar-refractivity contribution in [2.75, 3.05) is 26.8 Å². The summed E-state index contributed by atoms with van der Waals surface area (Å²) in [6.07, 6.45) is 3.82. The van der Waals surface area contributed by atoms with Crippen molar-refractivity contribution in [2.45, 2.75) is 24.7 Å². The summed E-state index contributed by atoms with van der Waals surface area (Å²) >= 11 is 0. The Morgan fingerprint density at radius 2 is 2.28 bits per heavy atom. The number of aryl methyl sites for hydroxylation is 1. The number of sulfonamides is 1. The van der Waals surface area contributed by atoms with Gasteiger partial charge in [-0.3, -0.25) is 5.10 Å². The first-order chi connectivity index (χ1) is 8.51. The number of hydrogen-bond acceptors (Lipinski definition) is 4. The van der Waals surface area contributed by atoms with Crippen LogP contribution in [0.4, 0.5) is 0 Å². The van der Waals surface area contributed by atoms with Crippen LogP contribution >= 0.6 is 0 Å². The van der Waals surface area contributed by atoms with Gasteiger partial charge in [0, 0.05) is 20.2 Å². The van der Waals surface area contributed by atoms with Crippen LogP contribution in [0, 0.1) is 12.8 Å². The molecule has 1 aromatic rings. The van der Waals surface area contributed by atoms with Gasteiger partial charge in [-0.15, -0.1) is 0 Å². The molecule has 0 unspecified atom stereocenters. The van der Waals surface area contributed by atoms with Crippen LogP contribution in [-0.4, -0.2) is 49.7 Å². The minimum absolute atomic E-state index is 0.229. The molecule has 0 aliphatic heterocycles. The van der Waals surface area contributed by atoms with Crippen LogP contribution in [0.2, 0.25) is 0 Å². The van der Waals surface area contributed by atoms with Gasteiger partial charge >= 0.3 is 0 Å². The summed E-state index contributed by atoms with van der Waals surface area (Å²) in [5, 5.41) is 6.37. The Labute approximate surface area is 107 Å². The molecule has 1 saturated carbocycles. The predicted octanol–water partition coefficient (Wildman–Crippen LogP) is 0.765. The van der Waals surface area contributed by atoms with Gasteiger partial charge in [0.05, 0.1) is 18.5 Å². The summed E-state index contributed by atoms with van der Waals surface area (Å²) < 4.78 is 31.1. The Bertz CT molecular complexity index is 493. The third kappa shape index (κ3) is 3.09. The fraction of sp³-hybridized carbons (Fsp3) is 0.727. The van der Waals surface area contributed by atoms with E-state index in [1.165, 1.54) is 23.3 Å². The lowest BCUT2D eigenvalue weighted by atomic mass is 10.5. The molecule has 2 rings (SSSR count). The molecule has 7 heteroatoms. The molecule has 1 N–H and O–H groups in total. The molecule has 0 bridgehead atoms. The number of H-pyrrole nitrogens is 1. The molecule has 1 heterocycles. The second-order valence-corrected chi connectivity index (χ2v) is 6.72. The molecule has 0 aromatic carbocycles. The van der Waals surface area contributed by atoms with E-state index in [0.717, 1.165) is 6.61 Å². The maximum atomic E-state index is 12.2. The molecule has 0 saturated heterocycles. The number of nitrogens with zero attached hydrogens (tertiary/aromatic N) is 2. The van der Waals surface area contributed by atoms with Gasteiger partial charge < -0.3 is 4.74 Å². The van der Waals surface area contributed by atoms with Gasteiger partial charge in [0.25, 0.3) is 0 Å². The first kappa shape index (κ1) is 13.5. The van der Waals surface area contributed by atoms with Crippen molar-refractivity contribution in [3.8, 4) is 0 Å². The third-order valence-corrected chi connectivity index (χ3v) is 5.04. The molecular formula is C11H19N3O3S. The number of aromatic nitrogens is 2. The number of likely N-dealkylation sites (N-methyl/N-ethyl adjacent to an activating group) is 1. The number of ether oxygens (including phenoxy) is 1. The van der Waals surface area contributed by atoms with Crippen molar-refractivity contribution in [3.63, 3.8) is 0 Å². The second kappa shape index (κ2) is 5.38. The van der Waals surface area contributed by atoms with Crippen LogP contribution in [0.15, 0.2) is 11.1 Å². The molecule has 1 aliphatic rings.